The molecule has 0 aliphatic carbocycles. The Bertz CT molecular complexity index is 785. The summed E-state index contributed by atoms with van der Waals surface area (Å²) in [5.74, 6) is -7.73. The molecule has 0 saturated heterocycles. The van der Waals surface area contributed by atoms with Gasteiger partial charge in [0.15, 0.2) is 0 Å². The Morgan fingerprint density at radius 2 is 1.42 bits per heavy atom. The summed E-state index contributed by atoms with van der Waals surface area (Å²) in [4.78, 5) is 40.2. The lowest BCUT2D eigenvalue weighted by molar-refractivity contribution is -0.196. The largest absolute Gasteiger partial charge is 0.402 e. The van der Waals surface area contributed by atoms with Crippen LogP contribution in [0.5, 0.6) is 0 Å². The second-order valence-corrected chi connectivity index (χ2v) is 5.20. The Morgan fingerprint density at radius 1 is 0.917 bits per heavy atom. The molecule has 0 N–H and O–H groups in total. The fourth-order valence-corrected chi connectivity index (χ4v) is 2.32. The third-order valence-corrected chi connectivity index (χ3v) is 3.50. The summed E-state index contributed by atoms with van der Waals surface area (Å²) in [6.45, 7) is 0. The number of benzene rings is 2. The van der Waals surface area contributed by atoms with Gasteiger partial charge in [-0.25, -0.2) is 4.79 Å². The van der Waals surface area contributed by atoms with Gasteiger partial charge in [-0.1, -0.05) is 47.5 Å². The van der Waals surface area contributed by atoms with Gasteiger partial charge < -0.3 is 4.84 Å². The lowest BCUT2D eigenvalue weighted by atomic mass is 10.1. The lowest BCUT2D eigenvalue weighted by Crippen LogP contribution is -2.41. The van der Waals surface area contributed by atoms with E-state index in [2.05, 4.69) is 4.84 Å². The Morgan fingerprint density at radius 3 is 1.96 bits per heavy atom. The number of hydrogen-bond acceptors (Lipinski definition) is 4. The van der Waals surface area contributed by atoms with Gasteiger partial charge in [-0.2, -0.15) is 8.78 Å². The zero-order valence-electron chi connectivity index (χ0n) is 12.2. The van der Waals surface area contributed by atoms with Crippen LogP contribution < -0.4 is 0 Å². The minimum Gasteiger partial charge on any atom is -0.323 e. The number of carbonyl (C=O) groups is 3. The van der Waals surface area contributed by atoms with E-state index in [0.717, 1.165) is 0 Å². The molecule has 7 heteroatoms. The molecule has 0 atom stereocenters. The van der Waals surface area contributed by atoms with Gasteiger partial charge in [-0.05, 0) is 17.7 Å². The highest BCUT2D eigenvalue weighted by molar-refractivity contribution is 6.20. The molecule has 0 saturated carbocycles. The first-order chi connectivity index (χ1) is 11.4. The quantitative estimate of drug-likeness (QED) is 0.808. The summed E-state index contributed by atoms with van der Waals surface area (Å²) in [6.07, 6.45) is -0.893. The van der Waals surface area contributed by atoms with Gasteiger partial charge in [0.05, 0.1) is 11.1 Å². The molecule has 0 aromatic heterocycles. The first-order valence-corrected chi connectivity index (χ1v) is 7.02. The fraction of sp³-hybridized carbons (Fsp3) is 0.118. The molecule has 122 valence electrons. The highest BCUT2D eigenvalue weighted by atomic mass is 19.3. The van der Waals surface area contributed by atoms with Crippen molar-refractivity contribution in [3.8, 4) is 0 Å². The minimum absolute atomic E-state index is 0.00155. The summed E-state index contributed by atoms with van der Waals surface area (Å²) in [5, 5.41) is 0.0753. The Kier molecular flexibility index (Phi) is 3.84. The van der Waals surface area contributed by atoms with Crippen LogP contribution in [0.1, 0.15) is 26.3 Å². The van der Waals surface area contributed by atoms with Crippen LogP contribution in [0, 0.1) is 0 Å². The SMILES string of the molecule is O=C1c2ccccc2C(=O)N1OC(=O)C(F)(F)Cc1ccccc1. The van der Waals surface area contributed by atoms with Crippen molar-refractivity contribution in [2.45, 2.75) is 12.3 Å². The zero-order chi connectivity index (χ0) is 17.3. The van der Waals surface area contributed by atoms with E-state index < -0.39 is 30.1 Å². The number of hydrogen-bond donors (Lipinski definition) is 0. The van der Waals surface area contributed by atoms with Crippen LogP contribution in [0.25, 0.3) is 0 Å². The van der Waals surface area contributed by atoms with Gasteiger partial charge >= 0.3 is 11.9 Å². The molecule has 2 aromatic carbocycles. The standard InChI is InChI=1S/C17H11F2NO4/c18-17(19,10-11-6-2-1-3-7-11)16(23)24-20-14(21)12-8-4-5-9-13(12)15(20)22/h1-9H,10H2. The third-order valence-electron chi connectivity index (χ3n) is 3.50. The molecule has 0 spiro atoms. The van der Waals surface area contributed by atoms with E-state index in [1.165, 1.54) is 36.4 Å². The number of halogens is 2. The number of rotatable bonds is 4. The summed E-state index contributed by atoms with van der Waals surface area (Å²) >= 11 is 0. The van der Waals surface area contributed by atoms with Crippen molar-refractivity contribution in [1.82, 2.24) is 5.06 Å². The van der Waals surface area contributed by atoms with Crippen LogP contribution in [-0.4, -0.2) is 28.8 Å². The molecule has 0 fully saturated rings. The predicted octanol–water partition coefficient (Wildman–Crippen LogP) is 2.62. The molecule has 3 rings (SSSR count). The third kappa shape index (κ3) is 2.76. The van der Waals surface area contributed by atoms with Crippen LogP contribution in [0.3, 0.4) is 0 Å². The van der Waals surface area contributed by atoms with E-state index in [1.807, 2.05) is 0 Å². The van der Waals surface area contributed by atoms with E-state index in [-0.39, 0.29) is 21.8 Å². The van der Waals surface area contributed by atoms with Crippen molar-refractivity contribution in [3.05, 3.63) is 71.3 Å². The highest BCUT2D eigenvalue weighted by Gasteiger charge is 2.46. The summed E-state index contributed by atoms with van der Waals surface area (Å²) in [6, 6.07) is 13.4. The molecule has 0 radical (unpaired) electrons. The number of carbonyl (C=O) groups excluding carboxylic acids is 3. The maximum absolute atomic E-state index is 14.0. The summed E-state index contributed by atoms with van der Waals surface area (Å²) < 4.78 is 28.0. The van der Waals surface area contributed by atoms with Crippen molar-refractivity contribution in [3.63, 3.8) is 0 Å². The Labute approximate surface area is 135 Å². The highest BCUT2D eigenvalue weighted by Crippen LogP contribution is 2.26. The van der Waals surface area contributed by atoms with E-state index >= 15 is 0 Å². The average molecular weight is 331 g/mol. The normalized spacial score (nSPS) is 13.8. The van der Waals surface area contributed by atoms with Gasteiger partial charge in [-0.3, -0.25) is 9.59 Å². The maximum atomic E-state index is 14.0. The molecular weight excluding hydrogens is 320 g/mol. The number of nitrogens with zero attached hydrogens (tertiary/aromatic N) is 1. The molecule has 1 aliphatic rings. The van der Waals surface area contributed by atoms with Gasteiger partial charge in [0.25, 0.3) is 11.8 Å². The Hall–Kier alpha value is -3.09. The summed E-state index contributed by atoms with van der Waals surface area (Å²) in [5.41, 5.74) is 0.227. The average Bonchev–Trinajstić information content (AvgIpc) is 2.81. The smallest absolute Gasteiger partial charge is 0.323 e. The minimum atomic E-state index is -3.88. The molecule has 2 amide bonds. The van der Waals surface area contributed by atoms with Crippen LogP contribution in [0.15, 0.2) is 54.6 Å². The molecule has 1 aliphatic heterocycles. The molecule has 24 heavy (non-hydrogen) atoms. The lowest BCUT2D eigenvalue weighted by Gasteiger charge is -2.18. The maximum Gasteiger partial charge on any atom is 0.402 e. The first kappa shape index (κ1) is 15.8. The first-order valence-electron chi connectivity index (χ1n) is 7.02. The van der Waals surface area contributed by atoms with Crippen molar-refractivity contribution >= 4 is 17.8 Å². The number of imide groups is 1. The van der Waals surface area contributed by atoms with Crippen LogP contribution in [0.2, 0.25) is 0 Å². The van der Waals surface area contributed by atoms with Gasteiger partial charge in [0.1, 0.15) is 0 Å². The number of amides is 2. The topological polar surface area (TPSA) is 63.7 Å². The van der Waals surface area contributed by atoms with Crippen molar-refractivity contribution in [2.75, 3.05) is 0 Å². The Balaban J connectivity index is 1.75. The summed E-state index contributed by atoms with van der Waals surface area (Å²) in [7, 11) is 0. The second kappa shape index (κ2) is 5.84. The van der Waals surface area contributed by atoms with E-state index in [4.69, 9.17) is 0 Å². The van der Waals surface area contributed by atoms with Crippen LogP contribution >= 0.6 is 0 Å². The molecule has 0 bridgehead atoms. The fourth-order valence-electron chi connectivity index (χ4n) is 2.32. The molecule has 2 aromatic rings. The molecular formula is C17H11F2NO4. The van der Waals surface area contributed by atoms with Crippen molar-refractivity contribution < 1.29 is 28.0 Å². The van der Waals surface area contributed by atoms with E-state index in [0.29, 0.717) is 0 Å². The zero-order valence-corrected chi connectivity index (χ0v) is 12.2. The number of fused-ring (bicyclic) bond motifs is 1. The monoisotopic (exact) mass is 331 g/mol. The van der Waals surface area contributed by atoms with Crippen LogP contribution in [0.4, 0.5) is 8.78 Å². The van der Waals surface area contributed by atoms with Crippen LogP contribution in [-0.2, 0) is 16.1 Å². The van der Waals surface area contributed by atoms with Gasteiger partial charge in [0.2, 0.25) is 0 Å². The van der Waals surface area contributed by atoms with E-state index in [9.17, 15) is 23.2 Å². The predicted molar refractivity (Wildman–Crippen MR) is 78.1 cm³/mol. The number of alkyl halides is 2. The number of hydroxylamine groups is 2. The molecule has 0 unspecified atom stereocenters. The van der Waals surface area contributed by atoms with Gasteiger partial charge in [-0.15, -0.1) is 0 Å². The van der Waals surface area contributed by atoms with Gasteiger partial charge in [0, 0.05) is 6.42 Å². The second-order valence-electron chi connectivity index (χ2n) is 5.20. The molecule has 5 nitrogen and oxygen atoms in total. The van der Waals surface area contributed by atoms with Crippen molar-refractivity contribution in [2.24, 2.45) is 0 Å². The van der Waals surface area contributed by atoms with E-state index in [1.54, 1.807) is 18.2 Å². The van der Waals surface area contributed by atoms with Crippen molar-refractivity contribution in [1.29, 1.82) is 0 Å². The molecule has 1 heterocycles.